The fourth-order valence-corrected chi connectivity index (χ4v) is 0.997. The summed E-state index contributed by atoms with van der Waals surface area (Å²) in [6, 6.07) is 0. The summed E-state index contributed by atoms with van der Waals surface area (Å²) in [5.74, 6) is 0.395. The van der Waals surface area contributed by atoms with E-state index < -0.39 is 13.0 Å². The summed E-state index contributed by atoms with van der Waals surface area (Å²) >= 11 is 0. The Bertz CT molecular complexity index is 280. The molecule has 0 aliphatic heterocycles. The predicted octanol–water partition coefficient (Wildman–Crippen LogP) is -0.326. The van der Waals surface area contributed by atoms with Gasteiger partial charge in [-0.05, 0) is 10.4 Å². The lowest BCUT2D eigenvalue weighted by Crippen LogP contribution is -2.22. The maximum absolute atomic E-state index is 12.1. The molecular formula is C7H13F2N5O. The molecule has 0 aliphatic carbocycles. The summed E-state index contributed by atoms with van der Waals surface area (Å²) in [5, 5.41) is 13.4. The Labute approximate surface area is 85.6 Å². The van der Waals surface area contributed by atoms with Crippen molar-refractivity contribution in [1.82, 2.24) is 25.5 Å². The van der Waals surface area contributed by atoms with E-state index in [-0.39, 0.29) is 0 Å². The van der Waals surface area contributed by atoms with Crippen molar-refractivity contribution in [2.75, 3.05) is 20.3 Å². The lowest BCUT2D eigenvalue weighted by Gasteiger charge is -2.04. The van der Waals surface area contributed by atoms with Crippen LogP contribution in [-0.4, -0.2) is 46.9 Å². The Balaban J connectivity index is 2.36. The van der Waals surface area contributed by atoms with E-state index in [4.69, 9.17) is 4.74 Å². The third-order valence-corrected chi connectivity index (χ3v) is 1.68. The van der Waals surface area contributed by atoms with Crippen LogP contribution in [0.1, 0.15) is 5.82 Å². The van der Waals surface area contributed by atoms with Gasteiger partial charge in [-0.2, -0.15) is 0 Å². The zero-order valence-corrected chi connectivity index (χ0v) is 8.36. The van der Waals surface area contributed by atoms with Crippen LogP contribution in [0.4, 0.5) is 8.78 Å². The second kappa shape index (κ2) is 6.36. The van der Waals surface area contributed by atoms with Gasteiger partial charge in [-0.15, -0.1) is 5.10 Å². The lowest BCUT2D eigenvalue weighted by atomic mass is 10.5. The summed E-state index contributed by atoms with van der Waals surface area (Å²) < 4.78 is 30.0. The quantitative estimate of drug-likeness (QED) is 0.639. The molecule has 0 bridgehead atoms. The van der Waals surface area contributed by atoms with Gasteiger partial charge in [0.25, 0.3) is 6.43 Å². The molecule has 0 spiro atoms. The minimum absolute atomic E-state index is 0.350. The smallest absolute Gasteiger partial charge is 0.258 e. The summed E-state index contributed by atoms with van der Waals surface area (Å²) in [6.07, 6.45) is -2.45. The van der Waals surface area contributed by atoms with Crippen LogP contribution in [0.5, 0.6) is 0 Å². The summed E-state index contributed by atoms with van der Waals surface area (Å²) in [6.45, 7) is 1.05. The van der Waals surface area contributed by atoms with Gasteiger partial charge >= 0.3 is 0 Å². The number of hydrogen-bond acceptors (Lipinski definition) is 5. The number of nitrogens with zero attached hydrogens (tertiary/aromatic N) is 4. The van der Waals surface area contributed by atoms with Gasteiger partial charge in [0.2, 0.25) is 0 Å². The number of rotatable bonds is 7. The van der Waals surface area contributed by atoms with Gasteiger partial charge in [0, 0.05) is 13.7 Å². The predicted molar refractivity (Wildman–Crippen MR) is 47.4 cm³/mol. The molecule has 1 N–H and O–H groups in total. The van der Waals surface area contributed by atoms with Crippen LogP contribution >= 0.6 is 0 Å². The molecule has 0 unspecified atom stereocenters. The first-order chi connectivity index (χ1) is 7.24. The van der Waals surface area contributed by atoms with Crippen molar-refractivity contribution in [3.05, 3.63) is 5.82 Å². The van der Waals surface area contributed by atoms with E-state index in [0.29, 0.717) is 25.5 Å². The topological polar surface area (TPSA) is 64.9 Å². The number of nitrogens with one attached hydrogen (secondary N) is 1. The fourth-order valence-electron chi connectivity index (χ4n) is 0.997. The molecule has 0 amide bonds. The molecular weight excluding hydrogens is 208 g/mol. The van der Waals surface area contributed by atoms with Crippen molar-refractivity contribution in [2.24, 2.45) is 0 Å². The van der Waals surface area contributed by atoms with Crippen LogP contribution in [0.25, 0.3) is 0 Å². The molecule has 0 aliphatic rings. The highest BCUT2D eigenvalue weighted by Gasteiger charge is 2.10. The number of halogens is 2. The molecule has 86 valence electrons. The van der Waals surface area contributed by atoms with E-state index in [9.17, 15) is 8.78 Å². The molecule has 1 aromatic heterocycles. The van der Waals surface area contributed by atoms with E-state index in [1.807, 2.05) is 0 Å². The second-order valence-electron chi connectivity index (χ2n) is 2.84. The first-order valence-corrected chi connectivity index (χ1v) is 4.47. The average molecular weight is 221 g/mol. The third kappa shape index (κ3) is 4.26. The van der Waals surface area contributed by atoms with Crippen LogP contribution in [0.15, 0.2) is 0 Å². The fraction of sp³-hybridized carbons (Fsp3) is 0.857. The first kappa shape index (κ1) is 11.9. The number of methoxy groups -OCH3 is 1. The highest BCUT2D eigenvalue weighted by Crippen LogP contribution is 1.99. The molecule has 1 rings (SSSR count). The van der Waals surface area contributed by atoms with Crippen LogP contribution in [0, 0.1) is 0 Å². The van der Waals surface area contributed by atoms with Crippen molar-refractivity contribution in [3.63, 3.8) is 0 Å². The summed E-state index contributed by atoms with van der Waals surface area (Å²) in [4.78, 5) is 0. The van der Waals surface area contributed by atoms with Gasteiger partial charge in [-0.1, -0.05) is 0 Å². The van der Waals surface area contributed by atoms with Crippen LogP contribution in [0.2, 0.25) is 0 Å². The van der Waals surface area contributed by atoms with Gasteiger partial charge in [-0.25, -0.2) is 13.5 Å². The molecule has 8 heteroatoms. The minimum atomic E-state index is -2.45. The first-order valence-electron chi connectivity index (χ1n) is 4.47. The van der Waals surface area contributed by atoms with Crippen molar-refractivity contribution >= 4 is 0 Å². The normalized spacial score (nSPS) is 11.2. The Morgan fingerprint density at radius 3 is 3.00 bits per heavy atom. The maximum atomic E-state index is 12.1. The Hall–Kier alpha value is -1.15. The van der Waals surface area contributed by atoms with Gasteiger partial charge in [-0.3, -0.25) is 0 Å². The number of tetrazole rings is 1. The van der Waals surface area contributed by atoms with E-state index in [0.717, 1.165) is 4.68 Å². The number of hydrogen-bond donors (Lipinski definition) is 1. The summed E-state index contributed by atoms with van der Waals surface area (Å²) in [5.41, 5.74) is 0. The van der Waals surface area contributed by atoms with Crippen molar-refractivity contribution in [1.29, 1.82) is 0 Å². The van der Waals surface area contributed by atoms with E-state index in [2.05, 4.69) is 20.8 Å². The monoisotopic (exact) mass is 221 g/mol. The highest BCUT2D eigenvalue weighted by molar-refractivity contribution is 4.79. The van der Waals surface area contributed by atoms with Crippen LogP contribution in [0.3, 0.4) is 0 Å². The van der Waals surface area contributed by atoms with Crippen LogP contribution < -0.4 is 5.32 Å². The maximum Gasteiger partial charge on any atom is 0.258 e. The van der Waals surface area contributed by atoms with E-state index >= 15 is 0 Å². The van der Waals surface area contributed by atoms with Crippen LogP contribution in [-0.2, 0) is 17.8 Å². The molecule has 1 aromatic rings. The van der Waals surface area contributed by atoms with E-state index in [1.54, 1.807) is 7.11 Å². The van der Waals surface area contributed by atoms with Gasteiger partial charge in [0.15, 0.2) is 5.82 Å². The average Bonchev–Trinajstić information content (AvgIpc) is 2.59. The molecule has 6 nitrogen and oxygen atoms in total. The van der Waals surface area contributed by atoms with Crippen molar-refractivity contribution < 1.29 is 13.5 Å². The molecule has 1 heterocycles. The largest absolute Gasteiger partial charge is 0.383 e. The zero-order valence-electron chi connectivity index (χ0n) is 8.36. The highest BCUT2D eigenvalue weighted by atomic mass is 19.3. The molecule has 0 saturated carbocycles. The molecule has 0 saturated heterocycles. The van der Waals surface area contributed by atoms with Gasteiger partial charge in [0.05, 0.1) is 13.2 Å². The second-order valence-corrected chi connectivity index (χ2v) is 2.84. The number of alkyl halides is 2. The van der Waals surface area contributed by atoms with Gasteiger partial charge in [0.1, 0.15) is 6.54 Å². The Morgan fingerprint density at radius 2 is 2.33 bits per heavy atom. The molecule has 0 aromatic carbocycles. The van der Waals surface area contributed by atoms with Crippen molar-refractivity contribution in [2.45, 2.75) is 19.5 Å². The minimum Gasteiger partial charge on any atom is -0.383 e. The molecule has 15 heavy (non-hydrogen) atoms. The Morgan fingerprint density at radius 1 is 1.53 bits per heavy atom. The number of aromatic nitrogens is 4. The number of ether oxygens (including phenoxy) is 1. The summed E-state index contributed by atoms with van der Waals surface area (Å²) in [7, 11) is 1.59. The molecule has 0 atom stereocenters. The Kier molecular flexibility index (Phi) is 5.05. The molecule has 0 radical (unpaired) electrons. The van der Waals surface area contributed by atoms with Crippen molar-refractivity contribution in [3.8, 4) is 0 Å². The molecule has 0 fully saturated rings. The third-order valence-electron chi connectivity index (χ3n) is 1.68. The van der Waals surface area contributed by atoms with E-state index in [1.165, 1.54) is 0 Å². The lowest BCUT2D eigenvalue weighted by molar-refractivity contribution is 0.119. The van der Waals surface area contributed by atoms with Gasteiger partial charge < -0.3 is 10.1 Å². The zero-order chi connectivity index (χ0) is 11.1. The standard InChI is InChI=1S/C7H13F2N5O/c1-15-3-2-10-4-7-11-12-13-14(7)5-6(8)9/h6,10H,2-5H2,1H3. The SMILES string of the molecule is COCCNCc1nnnn1CC(F)F.